The lowest BCUT2D eigenvalue weighted by atomic mass is 10.1. The molecule has 134 valence electrons. The molecule has 0 radical (unpaired) electrons. The van der Waals surface area contributed by atoms with E-state index in [1.807, 2.05) is 12.1 Å². The highest BCUT2D eigenvalue weighted by molar-refractivity contribution is 6.32. The lowest BCUT2D eigenvalue weighted by Crippen LogP contribution is -2.23. The molecular weight excluding hydrogens is 336 g/mol. The van der Waals surface area contributed by atoms with Crippen LogP contribution in [0.1, 0.15) is 24.8 Å². The van der Waals surface area contributed by atoms with Gasteiger partial charge in [0.1, 0.15) is 5.75 Å². The number of ether oxygens (including phenoxy) is 1. The largest absolute Gasteiger partial charge is 0.495 e. The Labute approximate surface area is 153 Å². The van der Waals surface area contributed by atoms with Crippen LogP contribution in [0.3, 0.4) is 0 Å². The Kier molecular flexibility index (Phi) is 5.84. The first-order chi connectivity index (χ1) is 12.1. The monoisotopic (exact) mass is 360 g/mol. The molecular formula is C20H25ClN2O2. The van der Waals surface area contributed by atoms with Gasteiger partial charge in [0.05, 0.1) is 18.7 Å². The predicted octanol–water partition coefficient (Wildman–Crippen LogP) is 4.41. The van der Waals surface area contributed by atoms with E-state index >= 15 is 0 Å². The minimum Gasteiger partial charge on any atom is -0.495 e. The summed E-state index contributed by atoms with van der Waals surface area (Å²) in [5.41, 5.74) is 3.33. The maximum Gasteiger partial charge on any atom is 0.144 e. The molecule has 5 heteroatoms. The normalized spacial score (nSPS) is 17.8. The molecule has 1 unspecified atom stereocenters. The van der Waals surface area contributed by atoms with Crippen molar-refractivity contribution in [3.63, 3.8) is 0 Å². The van der Waals surface area contributed by atoms with Crippen LogP contribution in [0.4, 0.5) is 0 Å². The molecule has 0 spiro atoms. The lowest BCUT2D eigenvalue weighted by Gasteiger charge is -2.03. The number of nitrogens with one attached hydrogen (secondary N) is 2. The molecule has 2 aromatic carbocycles. The van der Waals surface area contributed by atoms with Crippen molar-refractivity contribution < 1.29 is 9.84 Å². The first-order valence-corrected chi connectivity index (χ1v) is 9.10. The van der Waals surface area contributed by atoms with Crippen LogP contribution in [0.25, 0.3) is 21.8 Å². The fourth-order valence-electron chi connectivity index (χ4n) is 3.21. The van der Waals surface area contributed by atoms with Crippen molar-refractivity contribution in [1.82, 2.24) is 10.3 Å². The second-order valence-electron chi connectivity index (χ2n) is 6.56. The number of benzene rings is 2. The van der Waals surface area contributed by atoms with Gasteiger partial charge >= 0.3 is 0 Å². The van der Waals surface area contributed by atoms with E-state index in [-0.39, 0.29) is 6.10 Å². The number of aromatic nitrogens is 1. The molecule has 3 aromatic rings. The van der Waals surface area contributed by atoms with E-state index in [1.54, 1.807) is 7.11 Å². The van der Waals surface area contributed by atoms with Gasteiger partial charge in [-0.3, -0.25) is 0 Å². The summed E-state index contributed by atoms with van der Waals surface area (Å²) in [6.45, 7) is 3.96. The minimum absolute atomic E-state index is 0.0856. The highest BCUT2D eigenvalue weighted by Gasteiger charge is 2.10. The van der Waals surface area contributed by atoms with E-state index in [0.717, 1.165) is 41.7 Å². The van der Waals surface area contributed by atoms with E-state index in [2.05, 4.69) is 35.4 Å². The maximum atomic E-state index is 9.03. The molecule has 1 aliphatic rings. The standard InChI is InChI=1S/C14H12ClNO.C6H13NO/c1-8-3-4-12-10(5-8)11-6-9(15)7-13(17-2)14(11)16-12;8-6-3-1-2-4-7-5-6/h3-7,16H,1-2H3;6-8H,1-5H2. The van der Waals surface area contributed by atoms with Gasteiger partial charge in [0.15, 0.2) is 0 Å². The number of aryl methyl sites for hydroxylation is 1. The minimum atomic E-state index is -0.0856. The number of H-pyrrole nitrogens is 1. The van der Waals surface area contributed by atoms with Crippen LogP contribution >= 0.6 is 11.6 Å². The predicted molar refractivity (Wildman–Crippen MR) is 105 cm³/mol. The van der Waals surface area contributed by atoms with Crippen LogP contribution in [0.2, 0.25) is 5.02 Å². The van der Waals surface area contributed by atoms with Crippen molar-refractivity contribution in [3.05, 3.63) is 40.9 Å². The van der Waals surface area contributed by atoms with Crippen molar-refractivity contribution >= 4 is 33.4 Å². The Bertz CT molecular complexity index is 852. The van der Waals surface area contributed by atoms with Crippen molar-refractivity contribution in [2.24, 2.45) is 0 Å². The lowest BCUT2D eigenvalue weighted by molar-refractivity contribution is 0.168. The first kappa shape index (κ1) is 18.1. The van der Waals surface area contributed by atoms with Gasteiger partial charge < -0.3 is 20.1 Å². The second-order valence-corrected chi connectivity index (χ2v) is 6.99. The number of β-amino-alcohol motifs (C(OH)–C–C–N with tert-alkyl or cyclic N) is 1. The van der Waals surface area contributed by atoms with Crippen molar-refractivity contribution in [1.29, 1.82) is 0 Å². The van der Waals surface area contributed by atoms with E-state index < -0.39 is 0 Å². The van der Waals surface area contributed by atoms with Gasteiger partial charge in [0, 0.05) is 33.9 Å². The summed E-state index contributed by atoms with van der Waals surface area (Å²) in [4.78, 5) is 3.37. The Morgan fingerprint density at radius 1 is 1.16 bits per heavy atom. The molecule has 0 amide bonds. The Balaban J connectivity index is 0.000000192. The molecule has 3 N–H and O–H groups in total. The van der Waals surface area contributed by atoms with Crippen LogP contribution < -0.4 is 10.1 Å². The number of aliphatic hydroxyl groups excluding tert-OH is 1. The average molecular weight is 361 g/mol. The topological polar surface area (TPSA) is 57.3 Å². The van der Waals surface area contributed by atoms with E-state index in [9.17, 15) is 0 Å². The number of hydrogen-bond donors (Lipinski definition) is 3. The number of hydrogen-bond acceptors (Lipinski definition) is 3. The van der Waals surface area contributed by atoms with Gasteiger partial charge in [-0.05, 0) is 50.9 Å². The van der Waals surface area contributed by atoms with E-state index in [1.165, 1.54) is 23.8 Å². The molecule has 4 nitrogen and oxygen atoms in total. The number of halogens is 1. The zero-order valence-corrected chi connectivity index (χ0v) is 15.5. The maximum absolute atomic E-state index is 9.03. The molecule has 1 aromatic heterocycles. The smallest absolute Gasteiger partial charge is 0.144 e. The fourth-order valence-corrected chi connectivity index (χ4v) is 3.42. The molecule has 0 saturated carbocycles. The summed E-state index contributed by atoms with van der Waals surface area (Å²) in [6.07, 6.45) is 3.29. The number of aromatic amines is 1. The molecule has 25 heavy (non-hydrogen) atoms. The SMILES string of the molecule is COc1cc(Cl)cc2c1[nH]c1ccc(C)cc12.OC1CCCCNC1. The molecule has 1 saturated heterocycles. The zero-order chi connectivity index (χ0) is 17.8. The highest BCUT2D eigenvalue weighted by Crippen LogP contribution is 2.34. The average Bonchev–Trinajstić information content (AvgIpc) is 2.77. The van der Waals surface area contributed by atoms with Crippen LogP contribution in [-0.2, 0) is 0 Å². The molecule has 0 bridgehead atoms. The van der Waals surface area contributed by atoms with Gasteiger partial charge in [-0.25, -0.2) is 0 Å². The van der Waals surface area contributed by atoms with Crippen LogP contribution in [0.5, 0.6) is 5.75 Å². The summed E-state index contributed by atoms with van der Waals surface area (Å²) < 4.78 is 5.35. The quantitative estimate of drug-likeness (QED) is 0.602. The molecule has 4 rings (SSSR count). The molecule has 0 aliphatic carbocycles. The van der Waals surface area contributed by atoms with Crippen LogP contribution in [0.15, 0.2) is 30.3 Å². The van der Waals surface area contributed by atoms with E-state index in [4.69, 9.17) is 21.4 Å². The number of aliphatic hydroxyl groups is 1. The highest BCUT2D eigenvalue weighted by atomic mass is 35.5. The Morgan fingerprint density at radius 2 is 2.00 bits per heavy atom. The third kappa shape index (κ3) is 4.27. The van der Waals surface area contributed by atoms with Gasteiger partial charge in [-0.15, -0.1) is 0 Å². The Morgan fingerprint density at radius 3 is 2.80 bits per heavy atom. The van der Waals surface area contributed by atoms with Gasteiger partial charge in [-0.2, -0.15) is 0 Å². The van der Waals surface area contributed by atoms with Gasteiger partial charge in [0.2, 0.25) is 0 Å². The summed E-state index contributed by atoms with van der Waals surface area (Å²) >= 11 is 6.11. The first-order valence-electron chi connectivity index (χ1n) is 8.73. The molecule has 1 fully saturated rings. The third-order valence-electron chi connectivity index (χ3n) is 4.53. The van der Waals surface area contributed by atoms with Gasteiger partial charge in [0.25, 0.3) is 0 Å². The summed E-state index contributed by atoms with van der Waals surface area (Å²) in [5, 5.41) is 15.2. The third-order valence-corrected chi connectivity index (χ3v) is 4.75. The van der Waals surface area contributed by atoms with E-state index in [0.29, 0.717) is 5.02 Å². The summed E-state index contributed by atoms with van der Waals surface area (Å²) in [5.74, 6) is 0.779. The van der Waals surface area contributed by atoms with Crippen molar-refractivity contribution in [3.8, 4) is 5.75 Å². The summed E-state index contributed by atoms with van der Waals surface area (Å²) in [6, 6.07) is 10.1. The molecule has 2 heterocycles. The van der Waals surface area contributed by atoms with Crippen molar-refractivity contribution in [2.45, 2.75) is 32.3 Å². The number of fused-ring (bicyclic) bond motifs is 3. The molecule has 1 atom stereocenters. The van der Waals surface area contributed by atoms with Crippen LogP contribution in [0, 0.1) is 6.92 Å². The zero-order valence-electron chi connectivity index (χ0n) is 14.7. The summed E-state index contributed by atoms with van der Waals surface area (Å²) in [7, 11) is 1.65. The number of methoxy groups -OCH3 is 1. The molecule has 1 aliphatic heterocycles. The number of rotatable bonds is 1. The van der Waals surface area contributed by atoms with Crippen LogP contribution in [-0.4, -0.2) is 36.4 Å². The second kappa shape index (κ2) is 8.09. The Hall–Kier alpha value is -1.75. The van der Waals surface area contributed by atoms with Gasteiger partial charge in [-0.1, -0.05) is 23.2 Å². The fraction of sp³-hybridized carbons (Fsp3) is 0.400. The van der Waals surface area contributed by atoms with Crippen molar-refractivity contribution in [2.75, 3.05) is 20.2 Å².